The highest BCUT2D eigenvalue weighted by Crippen LogP contribution is 2.29. The van der Waals surface area contributed by atoms with Crippen LogP contribution in [-0.4, -0.2) is 31.3 Å². The molecule has 0 aliphatic heterocycles. The van der Waals surface area contributed by atoms with Crippen LogP contribution in [0.4, 0.5) is 10.5 Å². The van der Waals surface area contributed by atoms with Crippen LogP contribution in [0.2, 0.25) is 0 Å². The smallest absolute Gasteiger partial charge is 0.404 e. The van der Waals surface area contributed by atoms with Crippen molar-refractivity contribution in [2.75, 3.05) is 20.0 Å². The van der Waals surface area contributed by atoms with E-state index in [-0.39, 0.29) is 19.0 Å². The molecule has 2 aromatic carbocycles. The Labute approximate surface area is 157 Å². The van der Waals surface area contributed by atoms with Gasteiger partial charge in [0.1, 0.15) is 11.5 Å². The van der Waals surface area contributed by atoms with Crippen molar-refractivity contribution in [3.63, 3.8) is 0 Å². The van der Waals surface area contributed by atoms with Crippen molar-refractivity contribution in [1.82, 2.24) is 10.6 Å². The summed E-state index contributed by atoms with van der Waals surface area (Å²) in [6.07, 6.45) is -1.10. The Kier molecular flexibility index (Phi) is 6.48. The zero-order valence-corrected chi connectivity index (χ0v) is 15.5. The number of amides is 2. The summed E-state index contributed by atoms with van der Waals surface area (Å²) in [5.74, 6) is 0.839. The predicted octanol–water partition coefficient (Wildman–Crippen LogP) is 2.29. The van der Waals surface area contributed by atoms with Gasteiger partial charge < -0.3 is 30.9 Å². The number of carbonyl (C=O) groups is 2. The van der Waals surface area contributed by atoms with Gasteiger partial charge in [-0.2, -0.15) is 0 Å². The first-order valence-corrected chi connectivity index (χ1v) is 8.20. The van der Waals surface area contributed by atoms with Crippen LogP contribution in [0.15, 0.2) is 30.3 Å². The molecule has 5 N–H and O–H groups in total. The Bertz CT molecular complexity index is 826. The molecule has 8 nitrogen and oxygen atoms in total. The number of nitrogens with two attached hydrogens (primary N) is 1. The van der Waals surface area contributed by atoms with Gasteiger partial charge in [-0.05, 0) is 36.2 Å². The van der Waals surface area contributed by atoms with Crippen LogP contribution in [-0.2, 0) is 13.1 Å². The first-order chi connectivity index (χ1) is 12.8. The molecule has 2 amide bonds. The van der Waals surface area contributed by atoms with E-state index in [0.29, 0.717) is 22.7 Å². The van der Waals surface area contributed by atoms with Crippen molar-refractivity contribution < 1.29 is 24.2 Å². The molecule has 0 saturated carbocycles. The van der Waals surface area contributed by atoms with Gasteiger partial charge in [-0.25, -0.2) is 4.79 Å². The summed E-state index contributed by atoms with van der Waals surface area (Å²) in [6, 6.07) is 8.49. The molecule has 0 aliphatic carbocycles. The maximum absolute atomic E-state index is 12.5. The second-order valence-corrected chi connectivity index (χ2v) is 5.88. The number of carbonyl (C=O) groups excluding carboxylic acids is 1. The van der Waals surface area contributed by atoms with Crippen LogP contribution in [0.5, 0.6) is 11.5 Å². The lowest BCUT2D eigenvalue weighted by atomic mass is 10.1. The molecule has 0 heterocycles. The van der Waals surface area contributed by atoms with Gasteiger partial charge in [-0.1, -0.05) is 12.1 Å². The second kappa shape index (κ2) is 8.79. The number of methoxy groups -OCH3 is 2. The average molecular weight is 373 g/mol. The number of rotatable bonds is 7. The standard InChI is InChI=1S/C19H23N3O5/c1-11-16(26-2)7-14(8-17(11)27-3)18(23)21-10-13-5-4-12(6-15(13)20)9-22-19(24)25/h4-8,22H,9-10,20H2,1-3H3,(H,21,23)(H,24,25). The van der Waals surface area contributed by atoms with Crippen LogP contribution in [0.1, 0.15) is 27.0 Å². The van der Waals surface area contributed by atoms with Crippen molar-refractivity contribution in [2.24, 2.45) is 0 Å². The van der Waals surface area contributed by atoms with E-state index in [1.54, 1.807) is 30.3 Å². The minimum absolute atomic E-state index is 0.162. The monoisotopic (exact) mass is 373 g/mol. The highest BCUT2D eigenvalue weighted by atomic mass is 16.5. The lowest BCUT2D eigenvalue weighted by Gasteiger charge is -2.13. The fourth-order valence-corrected chi connectivity index (χ4v) is 2.59. The van der Waals surface area contributed by atoms with Gasteiger partial charge in [0, 0.05) is 29.9 Å². The van der Waals surface area contributed by atoms with Crippen LogP contribution in [0.3, 0.4) is 0 Å². The van der Waals surface area contributed by atoms with Crippen molar-refractivity contribution in [3.05, 3.63) is 52.6 Å². The van der Waals surface area contributed by atoms with E-state index in [9.17, 15) is 9.59 Å². The number of hydrogen-bond donors (Lipinski definition) is 4. The molecule has 0 atom stereocenters. The first-order valence-electron chi connectivity index (χ1n) is 8.20. The molecule has 27 heavy (non-hydrogen) atoms. The van der Waals surface area contributed by atoms with E-state index >= 15 is 0 Å². The number of nitrogens with one attached hydrogen (secondary N) is 2. The van der Waals surface area contributed by atoms with E-state index in [2.05, 4.69) is 10.6 Å². The third-order valence-electron chi connectivity index (χ3n) is 4.11. The summed E-state index contributed by atoms with van der Waals surface area (Å²) in [7, 11) is 3.07. The SMILES string of the molecule is COc1cc(C(=O)NCc2ccc(CNC(=O)O)cc2N)cc(OC)c1C. The topological polar surface area (TPSA) is 123 Å². The Morgan fingerprint density at radius 1 is 1.04 bits per heavy atom. The molecule has 0 aromatic heterocycles. The zero-order chi connectivity index (χ0) is 20.0. The molecule has 0 fully saturated rings. The van der Waals surface area contributed by atoms with Gasteiger partial charge in [-0.15, -0.1) is 0 Å². The van der Waals surface area contributed by atoms with Crippen molar-refractivity contribution in [1.29, 1.82) is 0 Å². The Balaban J connectivity index is 2.08. The fraction of sp³-hybridized carbons (Fsp3) is 0.263. The maximum atomic E-state index is 12.5. The quantitative estimate of drug-likeness (QED) is 0.552. The molecule has 0 bridgehead atoms. The minimum Gasteiger partial charge on any atom is -0.496 e. The number of benzene rings is 2. The molecule has 0 saturated heterocycles. The molecular formula is C19H23N3O5. The molecule has 144 valence electrons. The number of ether oxygens (including phenoxy) is 2. The summed E-state index contributed by atoms with van der Waals surface area (Å²) < 4.78 is 10.6. The third-order valence-corrected chi connectivity index (χ3v) is 4.11. The van der Waals surface area contributed by atoms with Gasteiger partial charge >= 0.3 is 6.09 Å². The maximum Gasteiger partial charge on any atom is 0.404 e. The molecule has 0 spiro atoms. The average Bonchev–Trinajstić information content (AvgIpc) is 2.65. The molecule has 0 unspecified atom stereocenters. The van der Waals surface area contributed by atoms with Gasteiger partial charge in [0.2, 0.25) is 0 Å². The summed E-state index contributed by atoms with van der Waals surface area (Å²) in [5.41, 5.74) is 9.16. The van der Waals surface area contributed by atoms with Gasteiger partial charge in [0.15, 0.2) is 0 Å². The van der Waals surface area contributed by atoms with Crippen molar-refractivity contribution >= 4 is 17.7 Å². The molecule has 0 aliphatic rings. The van der Waals surface area contributed by atoms with E-state index in [1.807, 2.05) is 6.92 Å². The third kappa shape index (κ3) is 5.04. The van der Waals surface area contributed by atoms with E-state index < -0.39 is 6.09 Å². The van der Waals surface area contributed by atoms with Gasteiger partial charge in [-0.3, -0.25) is 4.79 Å². The summed E-state index contributed by atoms with van der Waals surface area (Å²) in [5, 5.41) is 13.7. The highest BCUT2D eigenvalue weighted by molar-refractivity contribution is 5.95. The number of hydrogen-bond acceptors (Lipinski definition) is 5. The van der Waals surface area contributed by atoms with Crippen molar-refractivity contribution in [2.45, 2.75) is 20.0 Å². The Morgan fingerprint density at radius 3 is 2.19 bits per heavy atom. The molecule has 2 rings (SSSR count). The van der Waals surface area contributed by atoms with Gasteiger partial charge in [0.25, 0.3) is 5.91 Å². The minimum atomic E-state index is -1.10. The number of carboxylic acid groups (broad SMARTS) is 1. The first kappa shape index (κ1) is 19.9. The van der Waals surface area contributed by atoms with E-state index in [1.165, 1.54) is 14.2 Å². The largest absolute Gasteiger partial charge is 0.496 e. The van der Waals surface area contributed by atoms with Gasteiger partial charge in [0.05, 0.1) is 14.2 Å². The van der Waals surface area contributed by atoms with Crippen LogP contribution in [0.25, 0.3) is 0 Å². The second-order valence-electron chi connectivity index (χ2n) is 5.88. The Hall–Kier alpha value is -3.42. The summed E-state index contributed by atoms with van der Waals surface area (Å²) in [4.78, 5) is 23.0. The normalized spacial score (nSPS) is 10.2. The Morgan fingerprint density at radius 2 is 1.67 bits per heavy atom. The fourth-order valence-electron chi connectivity index (χ4n) is 2.59. The number of anilines is 1. The molecular weight excluding hydrogens is 350 g/mol. The lowest BCUT2D eigenvalue weighted by molar-refractivity contribution is 0.0950. The van der Waals surface area contributed by atoms with Crippen LogP contribution < -0.4 is 25.8 Å². The number of nitrogen functional groups attached to an aromatic ring is 1. The molecule has 8 heteroatoms. The molecule has 2 aromatic rings. The zero-order valence-electron chi connectivity index (χ0n) is 15.5. The summed E-state index contributed by atoms with van der Waals surface area (Å²) >= 11 is 0. The highest BCUT2D eigenvalue weighted by Gasteiger charge is 2.14. The molecule has 0 radical (unpaired) electrons. The lowest BCUT2D eigenvalue weighted by Crippen LogP contribution is -2.24. The van der Waals surface area contributed by atoms with E-state index in [4.69, 9.17) is 20.3 Å². The van der Waals surface area contributed by atoms with Crippen LogP contribution in [0, 0.1) is 6.92 Å². The van der Waals surface area contributed by atoms with Crippen LogP contribution >= 0.6 is 0 Å². The van der Waals surface area contributed by atoms with Crippen molar-refractivity contribution in [3.8, 4) is 11.5 Å². The predicted molar refractivity (Wildman–Crippen MR) is 101 cm³/mol. The summed E-state index contributed by atoms with van der Waals surface area (Å²) in [6.45, 7) is 2.24. The van der Waals surface area contributed by atoms with E-state index in [0.717, 1.165) is 16.7 Å².